The van der Waals surface area contributed by atoms with Gasteiger partial charge in [0.15, 0.2) is 5.78 Å². The summed E-state index contributed by atoms with van der Waals surface area (Å²) in [6.07, 6.45) is 0. The number of amides is 1. The largest absolute Gasteiger partial charge is 0.345 e. The van der Waals surface area contributed by atoms with Crippen molar-refractivity contribution < 1.29 is 9.59 Å². The van der Waals surface area contributed by atoms with E-state index in [4.69, 9.17) is 0 Å². The number of hydrogen-bond donors (Lipinski definition) is 1. The van der Waals surface area contributed by atoms with Crippen LogP contribution < -0.4 is 5.32 Å². The van der Waals surface area contributed by atoms with Crippen molar-refractivity contribution in [3.63, 3.8) is 0 Å². The summed E-state index contributed by atoms with van der Waals surface area (Å²) >= 11 is 0. The first-order valence-corrected chi connectivity index (χ1v) is 9.04. The molecule has 0 heterocycles. The van der Waals surface area contributed by atoms with Crippen LogP contribution in [0.4, 0.5) is 0 Å². The van der Waals surface area contributed by atoms with Crippen molar-refractivity contribution in [2.24, 2.45) is 0 Å². The molecule has 0 saturated heterocycles. The van der Waals surface area contributed by atoms with Crippen LogP contribution in [-0.4, -0.2) is 11.7 Å². The summed E-state index contributed by atoms with van der Waals surface area (Å²) in [7, 11) is 0. The molecule has 0 aliphatic carbocycles. The third kappa shape index (κ3) is 4.14. The summed E-state index contributed by atoms with van der Waals surface area (Å²) in [6.45, 7) is 5.92. The normalized spacial score (nSPS) is 11.7. The predicted molar refractivity (Wildman–Crippen MR) is 108 cm³/mol. The molecule has 0 bridgehead atoms. The molecule has 3 rings (SSSR count). The fraction of sp³-hybridized carbons (Fsp3) is 0.167. The lowest BCUT2D eigenvalue weighted by atomic mass is 9.95. The van der Waals surface area contributed by atoms with E-state index >= 15 is 0 Å². The molecule has 3 heteroatoms. The summed E-state index contributed by atoms with van der Waals surface area (Å²) in [4.78, 5) is 25.9. The lowest BCUT2D eigenvalue weighted by molar-refractivity contribution is 0.0929. The summed E-state index contributed by atoms with van der Waals surface area (Å²) < 4.78 is 0. The lowest BCUT2D eigenvalue weighted by Gasteiger charge is -2.16. The van der Waals surface area contributed by atoms with Gasteiger partial charge in [-0.15, -0.1) is 0 Å². The summed E-state index contributed by atoms with van der Waals surface area (Å²) in [5.74, 6) is -0.393. The number of hydrogen-bond acceptors (Lipinski definition) is 2. The number of benzene rings is 3. The maximum atomic E-state index is 13.0. The number of carbonyl (C=O) groups excluding carboxylic acids is 2. The molecule has 0 radical (unpaired) electrons. The zero-order valence-corrected chi connectivity index (χ0v) is 15.8. The van der Waals surface area contributed by atoms with Gasteiger partial charge in [0.2, 0.25) is 0 Å². The summed E-state index contributed by atoms with van der Waals surface area (Å²) in [5.41, 5.74) is 4.61. The molecule has 3 aromatic rings. The van der Waals surface area contributed by atoms with Gasteiger partial charge in [-0.25, -0.2) is 0 Å². The molecule has 27 heavy (non-hydrogen) atoms. The van der Waals surface area contributed by atoms with Crippen molar-refractivity contribution in [3.05, 3.63) is 106 Å². The first-order valence-electron chi connectivity index (χ1n) is 9.04. The first-order chi connectivity index (χ1) is 13.0. The molecule has 0 spiro atoms. The number of carbonyl (C=O) groups is 2. The van der Waals surface area contributed by atoms with Crippen LogP contribution in [0.2, 0.25) is 0 Å². The van der Waals surface area contributed by atoms with Gasteiger partial charge in [-0.2, -0.15) is 0 Å². The molecule has 0 saturated carbocycles. The van der Waals surface area contributed by atoms with Crippen molar-refractivity contribution in [1.29, 1.82) is 0 Å². The molecule has 136 valence electrons. The van der Waals surface area contributed by atoms with Gasteiger partial charge in [-0.1, -0.05) is 60.7 Å². The molecule has 3 nitrogen and oxygen atoms in total. The third-order valence-corrected chi connectivity index (χ3v) is 4.83. The van der Waals surface area contributed by atoms with E-state index in [-0.39, 0.29) is 17.7 Å². The second-order valence-electron chi connectivity index (χ2n) is 6.78. The van der Waals surface area contributed by atoms with Crippen molar-refractivity contribution in [1.82, 2.24) is 5.32 Å². The Morgan fingerprint density at radius 2 is 1.41 bits per heavy atom. The molecule has 0 aromatic heterocycles. The van der Waals surface area contributed by atoms with E-state index in [2.05, 4.69) is 5.32 Å². The summed E-state index contributed by atoms with van der Waals surface area (Å²) in [5, 5.41) is 2.99. The molecule has 0 unspecified atom stereocenters. The van der Waals surface area contributed by atoms with Crippen LogP contribution in [-0.2, 0) is 0 Å². The molecule has 0 aliphatic rings. The van der Waals surface area contributed by atoms with E-state index in [1.165, 1.54) is 0 Å². The fourth-order valence-electron chi connectivity index (χ4n) is 3.02. The average Bonchev–Trinajstić information content (AvgIpc) is 2.70. The zero-order chi connectivity index (χ0) is 19.4. The maximum absolute atomic E-state index is 13.0. The zero-order valence-electron chi connectivity index (χ0n) is 15.8. The third-order valence-electron chi connectivity index (χ3n) is 4.83. The number of nitrogens with one attached hydrogen (secondary N) is 1. The molecular weight excluding hydrogens is 334 g/mol. The highest BCUT2D eigenvalue weighted by molar-refractivity contribution is 6.15. The second kappa shape index (κ2) is 8.00. The maximum Gasteiger partial charge on any atom is 0.252 e. The minimum Gasteiger partial charge on any atom is -0.345 e. The monoisotopic (exact) mass is 357 g/mol. The Bertz CT molecular complexity index is 977. The molecule has 3 aromatic carbocycles. The Hall–Kier alpha value is -3.20. The van der Waals surface area contributed by atoms with Gasteiger partial charge in [0.25, 0.3) is 5.91 Å². The quantitative estimate of drug-likeness (QED) is 0.651. The van der Waals surface area contributed by atoms with Gasteiger partial charge in [0, 0.05) is 11.1 Å². The smallest absolute Gasteiger partial charge is 0.252 e. The molecule has 1 atom stereocenters. The molecular formula is C24H23NO2. The standard InChI is InChI=1S/C24H23NO2/c1-16-13-14-20(15-17(16)2)23(26)21-11-7-8-12-22(21)24(27)25-18(3)19-9-5-4-6-10-19/h4-15,18H,1-3H3,(H,25,27)/t18-/m0/s1. The molecule has 1 N–H and O–H groups in total. The summed E-state index contributed by atoms with van der Waals surface area (Å²) in [6, 6.07) is 22.2. The van der Waals surface area contributed by atoms with Crippen LogP contribution in [0.15, 0.2) is 72.8 Å². The van der Waals surface area contributed by atoms with Crippen molar-refractivity contribution in [2.75, 3.05) is 0 Å². The van der Waals surface area contributed by atoms with E-state index in [1.807, 2.05) is 69.3 Å². The highest BCUT2D eigenvalue weighted by Crippen LogP contribution is 2.19. The van der Waals surface area contributed by atoms with E-state index in [9.17, 15) is 9.59 Å². The molecule has 0 fully saturated rings. The van der Waals surface area contributed by atoms with Crippen LogP contribution in [0, 0.1) is 13.8 Å². The topological polar surface area (TPSA) is 46.2 Å². The molecule has 1 amide bonds. The van der Waals surface area contributed by atoms with Crippen LogP contribution in [0.5, 0.6) is 0 Å². The van der Waals surface area contributed by atoms with Crippen LogP contribution >= 0.6 is 0 Å². The van der Waals surface area contributed by atoms with Gasteiger partial charge in [0.05, 0.1) is 11.6 Å². The van der Waals surface area contributed by atoms with Gasteiger partial charge >= 0.3 is 0 Å². The Labute approximate surface area is 160 Å². The Morgan fingerprint density at radius 1 is 0.778 bits per heavy atom. The Balaban J connectivity index is 1.88. The van der Waals surface area contributed by atoms with E-state index in [1.54, 1.807) is 24.3 Å². The minimum atomic E-state index is -0.251. The van der Waals surface area contributed by atoms with Crippen molar-refractivity contribution in [2.45, 2.75) is 26.8 Å². The number of aryl methyl sites for hydroxylation is 2. The van der Waals surface area contributed by atoms with Crippen LogP contribution in [0.3, 0.4) is 0 Å². The highest BCUT2D eigenvalue weighted by atomic mass is 16.2. The van der Waals surface area contributed by atoms with Crippen LogP contribution in [0.25, 0.3) is 0 Å². The Kier molecular flexibility index (Phi) is 5.51. The lowest BCUT2D eigenvalue weighted by Crippen LogP contribution is -2.28. The fourth-order valence-corrected chi connectivity index (χ4v) is 3.02. The minimum absolute atomic E-state index is 0.142. The van der Waals surface area contributed by atoms with Gasteiger partial charge < -0.3 is 5.32 Å². The van der Waals surface area contributed by atoms with Crippen LogP contribution in [0.1, 0.15) is 55.9 Å². The highest BCUT2D eigenvalue weighted by Gasteiger charge is 2.19. The van der Waals surface area contributed by atoms with Crippen molar-refractivity contribution in [3.8, 4) is 0 Å². The number of rotatable bonds is 5. The Morgan fingerprint density at radius 3 is 2.07 bits per heavy atom. The predicted octanol–water partition coefficient (Wildman–Crippen LogP) is 5.03. The molecule has 0 aliphatic heterocycles. The van der Waals surface area contributed by atoms with Gasteiger partial charge in [-0.3, -0.25) is 9.59 Å². The average molecular weight is 357 g/mol. The number of ketones is 1. The van der Waals surface area contributed by atoms with E-state index in [0.717, 1.165) is 16.7 Å². The van der Waals surface area contributed by atoms with Crippen molar-refractivity contribution >= 4 is 11.7 Å². The van der Waals surface area contributed by atoms with E-state index in [0.29, 0.717) is 16.7 Å². The van der Waals surface area contributed by atoms with E-state index < -0.39 is 0 Å². The SMILES string of the molecule is Cc1ccc(C(=O)c2ccccc2C(=O)N[C@@H](C)c2ccccc2)cc1C. The van der Waals surface area contributed by atoms with Gasteiger partial charge in [-0.05, 0) is 49.6 Å². The first kappa shape index (κ1) is 18.6. The second-order valence-corrected chi connectivity index (χ2v) is 6.78. The van der Waals surface area contributed by atoms with Gasteiger partial charge in [0.1, 0.15) is 0 Å².